The van der Waals surface area contributed by atoms with Crippen LogP contribution in [0.4, 0.5) is 18.9 Å². The van der Waals surface area contributed by atoms with Crippen molar-refractivity contribution in [3.05, 3.63) is 63.4 Å². The highest BCUT2D eigenvalue weighted by atomic mass is 35.5. The van der Waals surface area contributed by atoms with Crippen molar-refractivity contribution < 1.29 is 18.0 Å². The van der Waals surface area contributed by atoms with Crippen molar-refractivity contribution in [3.8, 4) is 0 Å². The number of carbonyl (C=O) groups excluding carboxylic acids is 1. The SMILES string of the molecule is O=C(Nc1cc(Cl)cc(Cl)c1)c1cc(F)c(F)c(F)c1. The second-order valence-corrected chi connectivity index (χ2v) is 4.74. The maximum absolute atomic E-state index is 13.0. The van der Waals surface area contributed by atoms with Crippen LogP contribution in [0.5, 0.6) is 0 Å². The number of nitrogens with one attached hydrogen (secondary N) is 1. The van der Waals surface area contributed by atoms with E-state index in [9.17, 15) is 18.0 Å². The Labute approximate surface area is 122 Å². The molecule has 0 heterocycles. The first-order chi connectivity index (χ1) is 9.36. The number of halogens is 5. The summed E-state index contributed by atoms with van der Waals surface area (Å²) >= 11 is 11.5. The topological polar surface area (TPSA) is 29.1 Å². The molecule has 1 N–H and O–H groups in total. The molecule has 0 saturated carbocycles. The maximum Gasteiger partial charge on any atom is 0.255 e. The van der Waals surface area contributed by atoms with Crippen LogP contribution in [0.2, 0.25) is 10.0 Å². The lowest BCUT2D eigenvalue weighted by Gasteiger charge is -2.07. The molecule has 0 fully saturated rings. The zero-order chi connectivity index (χ0) is 14.9. The van der Waals surface area contributed by atoms with Crippen molar-refractivity contribution in [1.29, 1.82) is 0 Å². The number of amides is 1. The summed E-state index contributed by atoms with van der Waals surface area (Å²) in [5.41, 5.74) is -0.116. The van der Waals surface area contributed by atoms with Crippen molar-refractivity contribution in [2.75, 3.05) is 5.32 Å². The summed E-state index contributed by atoms with van der Waals surface area (Å²) < 4.78 is 38.9. The van der Waals surface area contributed by atoms with Gasteiger partial charge in [-0.15, -0.1) is 0 Å². The molecular weight excluding hydrogens is 314 g/mol. The van der Waals surface area contributed by atoms with Crippen LogP contribution in [0.1, 0.15) is 10.4 Å². The summed E-state index contributed by atoms with van der Waals surface area (Å²) in [5, 5.41) is 2.91. The Hall–Kier alpha value is -1.72. The maximum atomic E-state index is 13.0. The van der Waals surface area contributed by atoms with Crippen LogP contribution < -0.4 is 5.32 Å². The van der Waals surface area contributed by atoms with Crippen LogP contribution in [-0.4, -0.2) is 5.91 Å². The smallest absolute Gasteiger partial charge is 0.255 e. The number of rotatable bonds is 2. The number of anilines is 1. The van der Waals surface area contributed by atoms with Crippen LogP contribution in [0.25, 0.3) is 0 Å². The van der Waals surface area contributed by atoms with Gasteiger partial charge in [-0.05, 0) is 30.3 Å². The standard InChI is InChI=1S/C13H6Cl2F3NO/c14-7-3-8(15)5-9(4-7)19-13(20)6-1-10(16)12(18)11(17)2-6/h1-5H,(H,19,20). The molecule has 0 spiro atoms. The summed E-state index contributed by atoms with van der Waals surface area (Å²) in [6, 6.07) is 5.46. The molecule has 2 nitrogen and oxygen atoms in total. The first-order valence-corrected chi connectivity index (χ1v) is 6.04. The first kappa shape index (κ1) is 14.7. The molecule has 0 aliphatic rings. The van der Waals surface area contributed by atoms with Gasteiger partial charge in [0, 0.05) is 21.3 Å². The molecular formula is C13H6Cl2F3NO. The van der Waals surface area contributed by atoms with Crippen molar-refractivity contribution in [3.63, 3.8) is 0 Å². The van der Waals surface area contributed by atoms with Gasteiger partial charge < -0.3 is 5.32 Å². The fourth-order valence-electron chi connectivity index (χ4n) is 1.52. The third kappa shape index (κ3) is 3.23. The highest BCUT2D eigenvalue weighted by Gasteiger charge is 2.15. The molecule has 2 aromatic rings. The summed E-state index contributed by atoms with van der Waals surface area (Å²) in [5.74, 6) is -5.34. The summed E-state index contributed by atoms with van der Waals surface area (Å²) in [4.78, 5) is 11.8. The molecule has 0 aliphatic carbocycles. The van der Waals surface area contributed by atoms with Crippen molar-refractivity contribution in [2.45, 2.75) is 0 Å². The van der Waals surface area contributed by atoms with E-state index in [0.29, 0.717) is 12.1 Å². The normalized spacial score (nSPS) is 10.4. The van der Waals surface area contributed by atoms with Gasteiger partial charge in [0.15, 0.2) is 17.5 Å². The van der Waals surface area contributed by atoms with E-state index in [1.807, 2.05) is 0 Å². The van der Waals surface area contributed by atoms with E-state index in [0.717, 1.165) is 0 Å². The van der Waals surface area contributed by atoms with Crippen molar-refractivity contribution >= 4 is 34.8 Å². The lowest BCUT2D eigenvalue weighted by molar-refractivity contribution is 0.102. The fraction of sp³-hybridized carbons (Fsp3) is 0. The molecule has 104 valence electrons. The first-order valence-electron chi connectivity index (χ1n) is 5.29. The van der Waals surface area contributed by atoms with Crippen LogP contribution in [0.15, 0.2) is 30.3 Å². The lowest BCUT2D eigenvalue weighted by Crippen LogP contribution is -2.13. The Bertz CT molecular complexity index is 648. The largest absolute Gasteiger partial charge is 0.322 e. The summed E-state index contributed by atoms with van der Waals surface area (Å²) in [6.45, 7) is 0. The third-order valence-corrected chi connectivity index (χ3v) is 2.80. The molecule has 0 radical (unpaired) electrons. The van der Waals surface area contributed by atoms with E-state index in [2.05, 4.69) is 5.32 Å². The molecule has 0 aliphatic heterocycles. The molecule has 0 bridgehead atoms. The second kappa shape index (κ2) is 5.73. The van der Waals surface area contributed by atoms with E-state index in [1.165, 1.54) is 18.2 Å². The zero-order valence-corrected chi connectivity index (χ0v) is 11.2. The molecule has 1 amide bonds. The van der Waals surface area contributed by atoms with E-state index in [-0.39, 0.29) is 21.3 Å². The minimum absolute atomic E-state index is 0.248. The van der Waals surface area contributed by atoms with E-state index < -0.39 is 23.4 Å². The van der Waals surface area contributed by atoms with E-state index in [4.69, 9.17) is 23.2 Å². The number of hydrogen-bond donors (Lipinski definition) is 1. The Balaban J connectivity index is 2.28. The Morgan fingerprint density at radius 2 is 1.40 bits per heavy atom. The molecule has 7 heteroatoms. The van der Waals surface area contributed by atoms with Crippen LogP contribution >= 0.6 is 23.2 Å². The minimum Gasteiger partial charge on any atom is -0.322 e. The van der Waals surface area contributed by atoms with Gasteiger partial charge in [-0.3, -0.25) is 4.79 Å². The van der Waals surface area contributed by atoms with E-state index >= 15 is 0 Å². The average molecular weight is 320 g/mol. The predicted molar refractivity (Wildman–Crippen MR) is 70.7 cm³/mol. The molecule has 0 saturated heterocycles. The van der Waals surface area contributed by atoms with Gasteiger partial charge in [0.25, 0.3) is 5.91 Å². The number of hydrogen-bond acceptors (Lipinski definition) is 1. The molecule has 0 aromatic heterocycles. The molecule has 20 heavy (non-hydrogen) atoms. The average Bonchev–Trinajstić information content (AvgIpc) is 2.33. The van der Waals surface area contributed by atoms with Gasteiger partial charge >= 0.3 is 0 Å². The Morgan fingerprint density at radius 3 is 1.90 bits per heavy atom. The van der Waals surface area contributed by atoms with Gasteiger partial charge in [0.2, 0.25) is 0 Å². The van der Waals surface area contributed by atoms with E-state index in [1.54, 1.807) is 0 Å². The fourth-order valence-corrected chi connectivity index (χ4v) is 2.04. The predicted octanol–water partition coefficient (Wildman–Crippen LogP) is 4.66. The van der Waals surface area contributed by atoms with Gasteiger partial charge in [-0.1, -0.05) is 23.2 Å². The summed E-state index contributed by atoms with van der Waals surface area (Å²) in [6.07, 6.45) is 0. The van der Waals surface area contributed by atoms with Crippen LogP contribution in [-0.2, 0) is 0 Å². The molecule has 2 rings (SSSR count). The molecule has 0 atom stereocenters. The van der Waals surface area contributed by atoms with Gasteiger partial charge in [-0.25, -0.2) is 13.2 Å². The number of benzene rings is 2. The van der Waals surface area contributed by atoms with Crippen LogP contribution in [0, 0.1) is 17.5 Å². The van der Waals surface area contributed by atoms with Gasteiger partial charge in [0.1, 0.15) is 0 Å². The highest BCUT2D eigenvalue weighted by molar-refractivity contribution is 6.35. The monoisotopic (exact) mass is 319 g/mol. The zero-order valence-electron chi connectivity index (χ0n) is 9.68. The lowest BCUT2D eigenvalue weighted by atomic mass is 10.2. The highest BCUT2D eigenvalue weighted by Crippen LogP contribution is 2.23. The molecule has 2 aromatic carbocycles. The minimum atomic E-state index is -1.63. The number of carbonyl (C=O) groups is 1. The van der Waals surface area contributed by atoms with Crippen LogP contribution in [0.3, 0.4) is 0 Å². The summed E-state index contributed by atoms with van der Waals surface area (Å²) in [7, 11) is 0. The van der Waals surface area contributed by atoms with Gasteiger partial charge in [-0.2, -0.15) is 0 Å². The second-order valence-electron chi connectivity index (χ2n) is 3.87. The van der Waals surface area contributed by atoms with Crippen molar-refractivity contribution in [2.24, 2.45) is 0 Å². The quantitative estimate of drug-likeness (QED) is 0.801. The Morgan fingerprint density at radius 1 is 0.900 bits per heavy atom. The molecule has 0 unspecified atom stereocenters. The van der Waals surface area contributed by atoms with Gasteiger partial charge in [0.05, 0.1) is 0 Å². The Kier molecular flexibility index (Phi) is 4.20. The van der Waals surface area contributed by atoms with Crippen molar-refractivity contribution in [1.82, 2.24) is 0 Å². The third-order valence-electron chi connectivity index (χ3n) is 2.37.